The highest BCUT2D eigenvalue weighted by atomic mass is 79.9. The Balaban J connectivity index is 2.01. The second-order valence-corrected chi connectivity index (χ2v) is 6.53. The van der Waals surface area contributed by atoms with Crippen molar-refractivity contribution in [2.24, 2.45) is 0 Å². The number of hydrogen-bond acceptors (Lipinski definition) is 3. The normalized spacial score (nSPS) is 17.1. The smallest absolute Gasteiger partial charge is 0.170 e. The predicted molar refractivity (Wildman–Crippen MR) is 87.2 cm³/mol. The zero-order chi connectivity index (χ0) is 15.0. The summed E-state index contributed by atoms with van der Waals surface area (Å²) in [4.78, 5) is 12.3. The second kappa shape index (κ2) is 5.81. The Labute approximate surface area is 139 Å². The zero-order valence-electron chi connectivity index (χ0n) is 11.2. The third-order valence-electron chi connectivity index (χ3n) is 3.43. The number of Topliss-reactive ketones (excluding diaryl/α,β-unsaturated/α-hetero) is 1. The lowest BCUT2D eigenvalue weighted by Crippen LogP contribution is -2.20. The summed E-state index contributed by atoms with van der Waals surface area (Å²) in [5.41, 5.74) is 1.54. The summed E-state index contributed by atoms with van der Waals surface area (Å²) in [6.45, 7) is 0. The third kappa shape index (κ3) is 2.85. The number of ether oxygens (including phenoxy) is 2. The molecule has 1 atom stereocenters. The first-order valence-corrected chi connectivity index (χ1v) is 8.00. The Morgan fingerprint density at radius 2 is 2.00 bits per heavy atom. The number of halogens is 2. The van der Waals surface area contributed by atoms with Gasteiger partial charge >= 0.3 is 0 Å². The molecule has 0 saturated heterocycles. The van der Waals surface area contributed by atoms with E-state index in [1.807, 2.05) is 30.3 Å². The van der Waals surface area contributed by atoms with Gasteiger partial charge in [0.1, 0.15) is 17.6 Å². The van der Waals surface area contributed by atoms with Crippen LogP contribution in [0.2, 0.25) is 0 Å². The molecule has 0 N–H and O–H groups in total. The minimum Gasteiger partial charge on any atom is -0.497 e. The molecule has 0 radical (unpaired) electrons. The molecule has 5 heteroatoms. The van der Waals surface area contributed by atoms with Crippen LogP contribution >= 0.6 is 31.9 Å². The van der Waals surface area contributed by atoms with Gasteiger partial charge in [0.2, 0.25) is 0 Å². The van der Waals surface area contributed by atoms with E-state index < -0.39 is 0 Å². The van der Waals surface area contributed by atoms with Crippen LogP contribution < -0.4 is 9.47 Å². The SMILES string of the molecule is COc1ccc(Br)c(C2CC(=O)c3ccc(Br)cc3O2)c1. The number of benzene rings is 2. The van der Waals surface area contributed by atoms with E-state index in [-0.39, 0.29) is 11.9 Å². The average molecular weight is 412 g/mol. The molecule has 3 rings (SSSR count). The van der Waals surface area contributed by atoms with Crippen LogP contribution in [0.3, 0.4) is 0 Å². The van der Waals surface area contributed by atoms with Crippen molar-refractivity contribution in [1.82, 2.24) is 0 Å². The topological polar surface area (TPSA) is 35.5 Å². The highest BCUT2D eigenvalue weighted by Crippen LogP contribution is 2.39. The van der Waals surface area contributed by atoms with Crippen molar-refractivity contribution in [3.63, 3.8) is 0 Å². The fourth-order valence-electron chi connectivity index (χ4n) is 2.37. The van der Waals surface area contributed by atoms with Crippen LogP contribution in [0.1, 0.15) is 28.4 Å². The maximum absolute atomic E-state index is 12.3. The first-order chi connectivity index (χ1) is 10.1. The van der Waals surface area contributed by atoms with Crippen LogP contribution in [0.15, 0.2) is 45.3 Å². The molecule has 21 heavy (non-hydrogen) atoms. The van der Waals surface area contributed by atoms with Crippen molar-refractivity contribution in [3.05, 3.63) is 56.5 Å². The van der Waals surface area contributed by atoms with Gasteiger partial charge in [0, 0.05) is 14.5 Å². The summed E-state index contributed by atoms with van der Waals surface area (Å²) in [7, 11) is 1.62. The number of ketones is 1. The number of methoxy groups -OCH3 is 1. The standard InChI is InChI=1S/C16H12Br2O3/c1-20-10-3-5-13(18)12(7-10)16-8-14(19)11-4-2-9(17)6-15(11)21-16/h2-7,16H,8H2,1H3. The first kappa shape index (κ1) is 14.6. The van der Waals surface area contributed by atoms with E-state index in [0.717, 1.165) is 20.3 Å². The summed E-state index contributed by atoms with van der Waals surface area (Å²) in [6, 6.07) is 11.1. The largest absolute Gasteiger partial charge is 0.497 e. The van der Waals surface area contributed by atoms with Gasteiger partial charge in [0.15, 0.2) is 5.78 Å². The molecule has 0 amide bonds. The molecule has 0 spiro atoms. The predicted octanol–water partition coefficient (Wildman–Crippen LogP) is 4.93. The molecule has 2 aromatic carbocycles. The Bertz CT molecular complexity index is 713. The van der Waals surface area contributed by atoms with Gasteiger partial charge < -0.3 is 9.47 Å². The number of carbonyl (C=O) groups is 1. The molecule has 0 aliphatic carbocycles. The van der Waals surface area contributed by atoms with E-state index in [2.05, 4.69) is 31.9 Å². The van der Waals surface area contributed by atoms with Crippen LogP contribution in [0, 0.1) is 0 Å². The highest BCUT2D eigenvalue weighted by molar-refractivity contribution is 9.10. The van der Waals surface area contributed by atoms with E-state index >= 15 is 0 Å². The molecule has 0 bridgehead atoms. The Hall–Kier alpha value is -1.33. The fourth-order valence-corrected chi connectivity index (χ4v) is 3.21. The van der Waals surface area contributed by atoms with Gasteiger partial charge in [-0.25, -0.2) is 0 Å². The average Bonchev–Trinajstić information content (AvgIpc) is 2.47. The number of carbonyl (C=O) groups excluding carboxylic acids is 1. The monoisotopic (exact) mass is 410 g/mol. The fraction of sp³-hybridized carbons (Fsp3) is 0.188. The van der Waals surface area contributed by atoms with Gasteiger partial charge in [-0.15, -0.1) is 0 Å². The molecule has 2 aromatic rings. The van der Waals surface area contributed by atoms with Crippen molar-refractivity contribution < 1.29 is 14.3 Å². The number of hydrogen-bond donors (Lipinski definition) is 0. The lowest BCUT2D eigenvalue weighted by atomic mass is 9.96. The van der Waals surface area contributed by atoms with Crippen molar-refractivity contribution in [2.45, 2.75) is 12.5 Å². The summed E-state index contributed by atoms with van der Waals surface area (Å²) >= 11 is 6.92. The lowest BCUT2D eigenvalue weighted by molar-refractivity contribution is 0.0849. The quantitative estimate of drug-likeness (QED) is 0.702. The second-order valence-electron chi connectivity index (χ2n) is 4.76. The van der Waals surface area contributed by atoms with Gasteiger partial charge in [-0.2, -0.15) is 0 Å². The van der Waals surface area contributed by atoms with Gasteiger partial charge in [0.25, 0.3) is 0 Å². The van der Waals surface area contributed by atoms with Gasteiger partial charge in [-0.3, -0.25) is 4.79 Å². The summed E-state index contributed by atoms with van der Waals surface area (Å²) < 4.78 is 13.1. The van der Waals surface area contributed by atoms with Crippen LogP contribution in [-0.4, -0.2) is 12.9 Å². The van der Waals surface area contributed by atoms with Crippen LogP contribution in [-0.2, 0) is 0 Å². The molecule has 3 nitrogen and oxygen atoms in total. The molecular weight excluding hydrogens is 400 g/mol. The first-order valence-electron chi connectivity index (χ1n) is 6.41. The van der Waals surface area contributed by atoms with Gasteiger partial charge in [-0.05, 0) is 36.4 Å². The Morgan fingerprint density at radius 3 is 2.76 bits per heavy atom. The summed E-state index contributed by atoms with van der Waals surface area (Å²) in [6.07, 6.45) is 0.00389. The summed E-state index contributed by atoms with van der Waals surface area (Å²) in [5, 5.41) is 0. The Kier molecular flexibility index (Phi) is 4.04. The minimum absolute atomic E-state index is 0.0865. The van der Waals surface area contributed by atoms with Crippen LogP contribution in [0.25, 0.3) is 0 Å². The minimum atomic E-state index is -0.316. The van der Waals surface area contributed by atoms with E-state index in [0.29, 0.717) is 17.7 Å². The molecule has 1 aliphatic heterocycles. The molecule has 0 saturated carbocycles. The van der Waals surface area contributed by atoms with Crippen LogP contribution in [0.5, 0.6) is 11.5 Å². The van der Waals surface area contributed by atoms with Crippen molar-refractivity contribution >= 4 is 37.6 Å². The van der Waals surface area contributed by atoms with Crippen molar-refractivity contribution in [1.29, 1.82) is 0 Å². The third-order valence-corrected chi connectivity index (χ3v) is 4.65. The zero-order valence-corrected chi connectivity index (χ0v) is 14.4. The van der Waals surface area contributed by atoms with E-state index in [1.165, 1.54) is 0 Å². The summed E-state index contributed by atoms with van der Waals surface area (Å²) in [5.74, 6) is 1.44. The maximum atomic E-state index is 12.3. The van der Waals surface area contributed by atoms with Crippen molar-refractivity contribution in [2.75, 3.05) is 7.11 Å². The van der Waals surface area contributed by atoms with Crippen LogP contribution in [0.4, 0.5) is 0 Å². The van der Waals surface area contributed by atoms with E-state index in [9.17, 15) is 4.79 Å². The van der Waals surface area contributed by atoms with Crippen molar-refractivity contribution in [3.8, 4) is 11.5 Å². The maximum Gasteiger partial charge on any atom is 0.170 e. The van der Waals surface area contributed by atoms with E-state index in [1.54, 1.807) is 13.2 Å². The molecule has 0 aromatic heterocycles. The van der Waals surface area contributed by atoms with E-state index in [4.69, 9.17) is 9.47 Å². The molecule has 1 unspecified atom stereocenters. The lowest BCUT2D eigenvalue weighted by Gasteiger charge is -2.26. The Morgan fingerprint density at radius 1 is 1.19 bits per heavy atom. The molecule has 0 fully saturated rings. The van der Waals surface area contributed by atoms with Gasteiger partial charge in [-0.1, -0.05) is 31.9 Å². The number of fused-ring (bicyclic) bond motifs is 1. The molecular formula is C16H12Br2O3. The highest BCUT2D eigenvalue weighted by Gasteiger charge is 2.29. The molecule has 108 valence electrons. The molecule has 1 aliphatic rings. The number of rotatable bonds is 2. The van der Waals surface area contributed by atoms with Gasteiger partial charge in [0.05, 0.1) is 19.1 Å². The molecule has 1 heterocycles.